The van der Waals surface area contributed by atoms with E-state index in [2.05, 4.69) is 0 Å². The Bertz CT molecular complexity index is 1190. The number of halogens is 3. The number of esters is 1. The molecule has 3 aromatic rings. The van der Waals surface area contributed by atoms with Crippen molar-refractivity contribution in [2.45, 2.75) is 51.2 Å². The molecule has 1 fully saturated rings. The number of hydrogen-bond donors (Lipinski definition) is 1. The largest absolute Gasteiger partial charge is 0.423 e. The van der Waals surface area contributed by atoms with Gasteiger partial charge in [0.05, 0.1) is 18.3 Å². The monoisotopic (exact) mass is 484 g/mol. The summed E-state index contributed by atoms with van der Waals surface area (Å²) in [6, 6.07) is 13.2. The van der Waals surface area contributed by atoms with E-state index in [1.165, 1.54) is 36.4 Å². The highest BCUT2D eigenvalue weighted by atomic mass is 19.2. The fourth-order valence-corrected chi connectivity index (χ4v) is 4.36. The third-order valence-corrected chi connectivity index (χ3v) is 6.38. The molecule has 0 bridgehead atoms. The molecule has 0 aliphatic heterocycles. The average molecular weight is 485 g/mol. The first-order valence-corrected chi connectivity index (χ1v) is 11.7. The first-order valence-electron chi connectivity index (χ1n) is 11.7. The summed E-state index contributed by atoms with van der Waals surface area (Å²) in [6.07, 6.45) is 2.03. The summed E-state index contributed by atoms with van der Waals surface area (Å²) in [5, 5.41) is 9.66. The predicted octanol–water partition coefficient (Wildman–Crippen LogP) is 6.55. The van der Waals surface area contributed by atoms with Gasteiger partial charge in [0.15, 0.2) is 11.6 Å². The van der Waals surface area contributed by atoms with Crippen molar-refractivity contribution in [2.75, 3.05) is 6.61 Å². The molecular formula is C28H27F3O4. The highest BCUT2D eigenvalue weighted by Gasteiger charge is 2.25. The second-order valence-corrected chi connectivity index (χ2v) is 8.69. The summed E-state index contributed by atoms with van der Waals surface area (Å²) in [4.78, 5) is 12.4. The molecule has 0 aromatic heterocycles. The quantitative estimate of drug-likeness (QED) is 0.305. The van der Waals surface area contributed by atoms with E-state index in [4.69, 9.17) is 9.47 Å². The maximum atomic E-state index is 14.9. The second-order valence-electron chi connectivity index (χ2n) is 8.69. The zero-order chi connectivity index (χ0) is 24.9. The molecule has 0 atom stereocenters. The van der Waals surface area contributed by atoms with Crippen molar-refractivity contribution in [3.05, 3.63) is 88.7 Å². The molecular weight excluding hydrogens is 457 g/mol. The summed E-state index contributed by atoms with van der Waals surface area (Å²) >= 11 is 0. The topological polar surface area (TPSA) is 55.8 Å². The number of rotatable bonds is 7. The molecule has 1 aliphatic carbocycles. The van der Waals surface area contributed by atoms with Crippen molar-refractivity contribution >= 4 is 5.97 Å². The summed E-state index contributed by atoms with van der Waals surface area (Å²) in [5.74, 6) is -3.01. The Hall–Kier alpha value is -3.16. The number of benzene rings is 3. The third-order valence-electron chi connectivity index (χ3n) is 6.38. The van der Waals surface area contributed by atoms with Crippen LogP contribution in [0, 0.1) is 17.5 Å². The lowest BCUT2D eigenvalue weighted by molar-refractivity contribution is 0.0733. The molecule has 0 amide bonds. The van der Waals surface area contributed by atoms with E-state index >= 15 is 0 Å². The van der Waals surface area contributed by atoms with Crippen molar-refractivity contribution in [3.63, 3.8) is 0 Å². The fourth-order valence-electron chi connectivity index (χ4n) is 4.36. The molecule has 4 rings (SSSR count). The minimum Gasteiger partial charge on any atom is -0.423 e. The Labute approximate surface area is 202 Å². The van der Waals surface area contributed by atoms with E-state index in [9.17, 15) is 23.1 Å². The standard InChI is InChI=1S/C28H27F3O4/c1-2-34-16-20-4-3-19(15-25(20)29)28(33)35-22-11-7-18(8-12-22)24-14-13-23(26(30)27(24)31)17-5-9-21(32)10-6-17/h3-4,7-8,11-15,17,21,32H,2,5-6,9-10,16H2,1H3. The molecule has 4 nitrogen and oxygen atoms in total. The molecule has 35 heavy (non-hydrogen) atoms. The van der Waals surface area contributed by atoms with E-state index in [1.54, 1.807) is 19.1 Å². The van der Waals surface area contributed by atoms with Crippen LogP contribution in [0.3, 0.4) is 0 Å². The summed E-state index contributed by atoms with van der Waals surface area (Å²) in [6.45, 7) is 2.37. The van der Waals surface area contributed by atoms with Gasteiger partial charge < -0.3 is 14.6 Å². The molecule has 1 aliphatic rings. The maximum Gasteiger partial charge on any atom is 0.343 e. The van der Waals surface area contributed by atoms with Crippen LogP contribution in [0.25, 0.3) is 11.1 Å². The van der Waals surface area contributed by atoms with Gasteiger partial charge in [-0.15, -0.1) is 0 Å². The van der Waals surface area contributed by atoms with Crippen molar-refractivity contribution in [1.29, 1.82) is 0 Å². The molecule has 184 valence electrons. The highest BCUT2D eigenvalue weighted by Crippen LogP contribution is 2.37. The number of carbonyl (C=O) groups excluding carboxylic acids is 1. The highest BCUT2D eigenvalue weighted by molar-refractivity contribution is 5.91. The Morgan fingerprint density at radius 1 is 0.943 bits per heavy atom. The van der Waals surface area contributed by atoms with Crippen LogP contribution in [-0.2, 0) is 11.3 Å². The number of ether oxygens (including phenoxy) is 2. The summed E-state index contributed by atoms with van der Waals surface area (Å²) in [7, 11) is 0. The van der Waals surface area contributed by atoms with Crippen LogP contribution in [0.4, 0.5) is 13.2 Å². The van der Waals surface area contributed by atoms with Crippen LogP contribution in [0.15, 0.2) is 54.6 Å². The minimum absolute atomic E-state index is 0.0470. The molecule has 3 aromatic carbocycles. The maximum absolute atomic E-state index is 14.9. The lowest BCUT2D eigenvalue weighted by atomic mass is 9.82. The zero-order valence-corrected chi connectivity index (χ0v) is 19.4. The predicted molar refractivity (Wildman–Crippen MR) is 126 cm³/mol. The van der Waals surface area contributed by atoms with E-state index in [0.29, 0.717) is 49.0 Å². The van der Waals surface area contributed by atoms with Crippen molar-refractivity contribution in [3.8, 4) is 16.9 Å². The molecule has 1 N–H and O–H groups in total. The van der Waals surface area contributed by atoms with Gasteiger partial charge in [0.25, 0.3) is 0 Å². The molecule has 0 radical (unpaired) electrons. The number of aliphatic hydroxyl groups is 1. The van der Waals surface area contributed by atoms with Crippen LogP contribution in [0.1, 0.15) is 60.0 Å². The average Bonchev–Trinajstić information content (AvgIpc) is 2.86. The van der Waals surface area contributed by atoms with Gasteiger partial charge in [-0.05, 0) is 73.9 Å². The molecule has 1 saturated carbocycles. The van der Waals surface area contributed by atoms with Crippen LogP contribution in [0.5, 0.6) is 5.75 Å². The zero-order valence-electron chi connectivity index (χ0n) is 19.4. The Balaban J connectivity index is 1.46. The first-order chi connectivity index (χ1) is 16.9. The van der Waals surface area contributed by atoms with Gasteiger partial charge in [-0.2, -0.15) is 0 Å². The van der Waals surface area contributed by atoms with Crippen LogP contribution in [-0.4, -0.2) is 23.8 Å². The van der Waals surface area contributed by atoms with Crippen molar-refractivity contribution in [1.82, 2.24) is 0 Å². The molecule has 0 heterocycles. The molecule has 0 unspecified atom stereocenters. The number of aliphatic hydroxyl groups excluding tert-OH is 1. The van der Waals surface area contributed by atoms with Gasteiger partial charge >= 0.3 is 5.97 Å². The Kier molecular flexibility index (Phi) is 7.88. The van der Waals surface area contributed by atoms with E-state index < -0.39 is 23.4 Å². The Morgan fingerprint density at radius 3 is 2.31 bits per heavy atom. The normalized spacial score (nSPS) is 17.9. The number of hydrogen-bond acceptors (Lipinski definition) is 4. The van der Waals surface area contributed by atoms with E-state index in [0.717, 1.165) is 6.07 Å². The van der Waals surface area contributed by atoms with Crippen LogP contribution >= 0.6 is 0 Å². The van der Waals surface area contributed by atoms with Gasteiger partial charge in [-0.25, -0.2) is 18.0 Å². The van der Waals surface area contributed by atoms with Gasteiger partial charge in [0, 0.05) is 17.7 Å². The second kappa shape index (κ2) is 11.1. The lowest BCUT2D eigenvalue weighted by Crippen LogP contribution is -2.18. The van der Waals surface area contributed by atoms with Gasteiger partial charge in [-0.3, -0.25) is 0 Å². The van der Waals surface area contributed by atoms with E-state index in [-0.39, 0.29) is 35.5 Å². The molecule has 7 heteroatoms. The van der Waals surface area contributed by atoms with Crippen molar-refractivity contribution in [2.24, 2.45) is 0 Å². The third kappa shape index (κ3) is 5.74. The van der Waals surface area contributed by atoms with E-state index in [1.807, 2.05) is 0 Å². The van der Waals surface area contributed by atoms with Gasteiger partial charge in [0.2, 0.25) is 0 Å². The number of carbonyl (C=O) groups is 1. The minimum atomic E-state index is -0.930. The molecule has 0 spiro atoms. The summed E-state index contributed by atoms with van der Waals surface area (Å²) < 4.78 is 54.4. The smallest absolute Gasteiger partial charge is 0.343 e. The Morgan fingerprint density at radius 2 is 1.66 bits per heavy atom. The van der Waals surface area contributed by atoms with Crippen molar-refractivity contribution < 1.29 is 32.5 Å². The SMILES string of the molecule is CCOCc1ccc(C(=O)Oc2ccc(-c3ccc(C4CCC(O)CC4)c(F)c3F)cc2)cc1F. The first kappa shape index (κ1) is 24.9. The fraction of sp³-hybridized carbons (Fsp3) is 0.321. The lowest BCUT2D eigenvalue weighted by Gasteiger charge is -2.26. The van der Waals surface area contributed by atoms with Gasteiger partial charge in [-0.1, -0.05) is 30.3 Å². The molecule has 0 saturated heterocycles. The van der Waals surface area contributed by atoms with Gasteiger partial charge in [0.1, 0.15) is 11.6 Å². The summed E-state index contributed by atoms with van der Waals surface area (Å²) in [5.41, 5.74) is 1.26. The van der Waals surface area contributed by atoms with Crippen LogP contribution in [0.2, 0.25) is 0 Å². The van der Waals surface area contributed by atoms with Crippen LogP contribution < -0.4 is 4.74 Å².